The number of rotatable bonds is 29. The number of nitrogens with one attached hydrogen (secondary N) is 4. The highest BCUT2D eigenvalue weighted by Crippen LogP contribution is 2.41. The van der Waals surface area contributed by atoms with Crippen molar-refractivity contribution in [2.75, 3.05) is 66.6 Å². The smallest absolute Gasteiger partial charge is 0.217 e. The lowest BCUT2D eigenvalue weighted by atomic mass is 9.93. The van der Waals surface area contributed by atoms with Crippen molar-refractivity contribution in [2.24, 2.45) is 0 Å². The second-order valence-corrected chi connectivity index (χ2v) is 27.9. The molecule has 9 aliphatic heterocycles. The Bertz CT molecular complexity index is 2930. The van der Waals surface area contributed by atoms with Crippen LogP contribution in [-0.2, 0) is 104 Å². The molecule has 0 aliphatic carbocycles. The van der Waals surface area contributed by atoms with Gasteiger partial charge in [-0.15, -0.1) is 0 Å². The Balaban J connectivity index is 1.08. The lowest BCUT2D eigenvalue weighted by Gasteiger charge is -2.52. The minimum Gasteiger partial charge on any atom is -0.394 e. The first kappa shape index (κ1) is 91.1. The van der Waals surface area contributed by atoms with Crippen LogP contribution < -0.4 is 21.3 Å². The highest BCUT2D eigenvalue weighted by atomic mass is 16.8. The van der Waals surface area contributed by atoms with E-state index in [2.05, 4.69) is 21.3 Å². The van der Waals surface area contributed by atoms with E-state index in [1.54, 1.807) is 0 Å². The summed E-state index contributed by atoms with van der Waals surface area (Å²) >= 11 is 0. The van der Waals surface area contributed by atoms with Gasteiger partial charge in [-0.05, 0) is 0 Å². The lowest BCUT2D eigenvalue weighted by molar-refractivity contribution is -0.411. The third-order valence-electron chi connectivity index (χ3n) is 20.2. The van der Waals surface area contributed by atoms with Crippen molar-refractivity contribution >= 4 is 23.6 Å². The van der Waals surface area contributed by atoms with Crippen LogP contribution >= 0.6 is 0 Å². The van der Waals surface area contributed by atoms with Crippen LogP contribution in [0.5, 0.6) is 0 Å². The number of aliphatic hydroxyl groups excluding tert-OH is 23. The Morgan fingerprint density at radius 2 is 0.631 bits per heavy atom. The van der Waals surface area contributed by atoms with Gasteiger partial charge in [-0.3, -0.25) is 19.2 Å². The number of carbonyl (C=O) groups excluding carboxylic acids is 4. The molecule has 0 bridgehead atoms. The summed E-state index contributed by atoms with van der Waals surface area (Å²) in [4.78, 5) is 51.5. The zero-order chi connectivity index (χ0) is 81.6. The Morgan fingerprint density at radius 3 is 1.14 bits per heavy atom. The fraction of sp³-hybridized carbons (Fsp3) is 0.935. The van der Waals surface area contributed by atoms with E-state index in [4.69, 9.17) is 85.3 Å². The Morgan fingerprint density at radius 1 is 0.288 bits per heavy atom. The molecule has 9 saturated heterocycles. The zero-order valence-corrected chi connectivity index (χ0v) is 60.0. The summed E-state index contributed by atoms with van der Waals surface area (Å²) in [5.74, 6) is -3.60. The summed E-state index contributed by atoms with van der Waals surface area (Å²) < 4.78 is 108. The zero-order valence-electron chi connectivity index (χ0n) is 60.0. The van der Waals surface area contributed by atoms with E-state index in [0.29, 0.717) is 0 Å². The average Bonchev–Trinajstić information content (AvgIpc) is 0.761. The molecule has 4 amide bonds. The summed E-state index contributed by atoms with van der Waals surface area (Å²) in [6.07, 6.45) is -82.0. The molecular formula is C62H104N4O45. The van der Waals surface area contributed by atoms with Gasteiger partial charge in [0.25, 0.3) is 0 Å². The van der Waals surface area contributed by atoms with Gasteiger partial charge >= 0.3 is 0 Å². The van der Waals surface area contributed by atoms with Gasteiger partial charge in [0.05, 0.1) is 59.5 Å². The molecule has 0 aromatic carbocycles. The summed E-state index contributed by atoms with van der Waals surface area (Å²) in [6, 6.07) is -7.42. The van der Waals surface area contributed by atoms with Gasteiger partial charge < -0.3 is 224 Å². The van der Waals surface area contributed by atoms with Crippen molar-refractivity contribution in [3.8, 4) is 0 Å². The summed E-state index contributed by atoms with van der Waals surface area (Å²) in [5, 5.41) is 266. The maximum absolute atomic E-state index is 13.3. The molecule has 0 aromatic rings. The fourth-order valence-corrected chi connectivity index (χ4v) is 14.4. The molecule has 0 radical (unpaired) electrons. The molecule has 0 saturated carbocycles. The van der Waals surface area contributed by atoms with Gasteiger partial charge in [-0.1, -0.05) is 0 Å². The van der Waals surface area contributed by atoms with E-state index in [0.717, 1.165) is 34.8 Å². The highest BCUT2D eigenvalue weighted by Gasteiger charge is 2.62. The standard InChI is InChI=1S/C62H104N4O45/c1-15(74)63-28-38(85)46(24(10-71)97-54(28)93)105-55-29(64-16(2)75)40(87)48(26(12-73)102-55)107-62-53(111-59-43(90)32(79)19(78)13-95-59)51(37(84)27(104-62)14-96-58-44(91)41(88)33(80)20(6-67)99-58)109-61-52(42(89)34(81)21(7-68)101-61)110-56-30(65-17(3)76)39(86)47(25(11-72)103-56)106-57-31(66-18(4)77)49(35(82)22(8-69)98-57)108-60-45(92)50(94-5)36(83)23(9-70)100-60/h19-62,67-73,78-93H,6-14H2,1-5H3,(H,63,74)(H,64,75)(H,65,76)(H,66,77)/t19-,20-,21-,22-,23-,24-,25-,26-,27-,28-,29-,30-,31-,32+,33-,34-,35+,36+,37-,38-,39-,40-,41+,42+,43-,44+,45-,46-,47-,48-,49-,50+,51+,52+,53+,54-,55+,56+,57+,58+,59+,60+,61-,62+/m1/s1. The van der Waals surface area contributed by atoms with Gasteiger partial charge in [-0.2, -0.15) is 0 Å². The minimum atomic E-state index is -2.47. The number of hydrogen-bond donors (Lipinski definition) is 27. The molecule has 44 atom stereocenters. The van der Waals surface area contributed by atoms with E-state index >= 15 is 0 Å². The highest BCUT2D eigenvalue weighted by molar-refractivity contribution is 5.74. The van der Waals surface area contributed by atoms with Gasteiger partial charge in [0.15, 0.2) is 56.6 Å². The normalized spacial score (nSPS) is 48.6. The number of methoxy groups -OCH3 is 1. The number of amides is 4. The van der Waals surface area contributed by atoms with Gasteiger partial charge in [0.2, 0.25) is 23.6 Å². The van der Waals surface area contributed by atoms with Crippen LogP contribution in [0.15, 0.2) is 0 Å². The van der Waals surface area contributed by atoms with Crippen LogP contribution in [0.1, 0.15) is 27.7 Å². The summed E-state index contributed by atoms with van der Waals surface area (Å²) in [7, 11) is 1.10. The largest absolute Gasteiger partial charge is 0.394 e. The molecule has 49 nitrogen and oxygen atoms in total. The predicted octanol–water partition coefficient (Wildman–Crippen LogP) is -18.8. The topological polar surface area (TPSA) is 748 Å². The van der Waals surface area contributed by atoms with Crippen LogP contribution in [0.3, 0.4) is 0 Å². The van der Waals surface area contributed by atoms with Gasteiger partial charge in [0.1, 0.15) is 213 Å². The summed E-state index contributed by atoms with van der Waals surface area (Å²) in [5.41, 5.74) is 0. The fourth-order valence-electron chi connectivity index (χ4n) is 14.4. The van der Waals surface area contributed by atoms with Crippen molar-refractivity contribution in [2.45, 2.75) is 298 Å². The monoisotopic (exact) mass is 1620 g/mol. The van der Waals surface area contributed by atoms with E-state index in [1.165, 1.54) is 0 Å². The lowest BCUT2D eigenvalue weighted by Crippen LogP contribution is -2.72. The van der Waals surface area contributed by atoms with Crippen molar-refractivity contribution in [1.29, 1.82) is 0 Å². The molecule has 642 valence electrons. The second-order valence-electron chi connectivity index (χ2n) is 27.9. The molecule has 9 fully saturated rings. The SMILES string of the molecule is CO[C@H]1[C@@H](O)[C@@H](CO)O[C@@H](O[C@H]2[C@@H](O)[C@@H](CO)O[C@@H](O[C@H]3[C@H](O)[C@@H](NC(C)=O)[C@H](O[C@@H]4[C@@H](O[C@H]5[C@H](O)[C@@H](CO[C@H]6O[C@H](CO)[C@@H](O)[C@H](O)[C@@H]6O)O[C@@H](O[C@H]6[C@H](O)[C@@H](NC(C)=O)[C@H](O[C@H]7[C@H](O)[C@@H](NC(C)=O)[C@H](O)O[C@@H]7CO)O[C@@H]6CO)[C@H]5O[C@@H]5OC[C@@H](O)[C@H](O)[C@H]5O)O[C@H](CO)[C@@H](O)[C@@H]4O)O[C@@H]3CO)[C@@H]2NC(C)=O)[C@@H]1O. The quantitative estimate of drug-likeness (QED) is 0.0331. The van der Waals surface area contributed by atoms with Crippen molar-refractivity contribution in [1.82, 2.24) is 21.3 Å². The molecule has 0 aromatic heterocycles. The molecule has 111 heavy (non-hydrogen) atoms. The Labute approximate surface area is 629 Å². The Hall–Kier alpha value is -3.76. The first-order valence-electron chi connectivity index (χ1n) is 35.4. The maximum Gasteiger partial charge on any atom is 0.217 e. The predicted molar refractivity (Wildman–Crippen MR) is 342 cm³/mol. The van der Waals surface area contributed by atoms with Crippen LogP contribution in [0.25, 0.3) is 0 Å². The molecule has 9 rings (SSSR count). The first-order chi connectivity index (χ1) is 52.6. The van der Waals surface area contributed by atoms with E-state index in [1.807, 2.05) is 0 Å². The van der Waals surface area contributed by atoms with Crippen LogP contribution in [0.2, 0.25) is 0 Å². The summed E-state index contributed by atoms with van der Waals surface area (Å²) in [6.45, 7) is -5.58. The molecule has 0 spiro atoms. The van der Waals surface area contributed by atoms with Gasteiger partial charge in [-0.25, -0.2) is 0 Å². The second kappa shape index (κ2) is 40.1. The molecule has 9 aliphatic rings. The van der Waals surface area contributed by atoms with Gasteiger partial charge in [0, 0.05) is 34.8 Å². The molecule has 9 heterocycles. The number of ether oxygens (including phenoxy) is 18. The first-order valence-corrected chi connectivity index (χ1v) is 35.4. The van der Waals surface area contributed by atoms with Crippen LogP contribution in [0.4, 0.5) is 0 Å². The molecule has 49 heteroatoms. The third-order valence-corrected chi connectivity index (χ3v) is 20.2. The van der Waals surface area contributed by atoms with E-state index in [-0.39, 0.29) is 0 Å². The molecular weight excluding hydrogens is 1520 g/mol. The number of aliphatic hydroxyl groups is 23. The molecule has 0 unspecified atom stereocenters. The van der Waals surface area contributed by atoms with E-state index in [9.17, 15) is 137 Å². The minimum absolute atomic E-state index is 0.786. The number of carbonyl (C=O) groups is 4. The van der Waals surface area contributed by atoms with Crippen LogP contribution in [0, 0.1) is 0 Å². The van der Waals surface area contributed by atoms with Crippen molar-refractivity contribution < 1.29 is 222 Å². The average molecular weight is 1630 g/mol. The van der Waals surface area contributed by atoms with E-state index < -0.39 is 353 Å². The number of hydrogen-bond acceptors (Lipinski definition) is 45. The van der Waals surface area contributed by atoms with Crippen molar-refractivity contribution in [3.05, 3.63) is 0 Å². The third kappa shape index (κ3) is 20.3. The van der Waals surface area contributed by atoms with Crippen molar-refractivity contribution in [3.63, 3.8) is 0 Å². The maximum atomic E-state index is 13.3. The Kier molecular flexibility index (Phi) is 32.9. The molecule has 27 N–H and O–H groups in total. The van der Waals surface area contributed by atoms with Crippen LogP contribution in [-0.4, -0.2) is 478 Å².